The van der Waals surface area contributed by atoms with Crippen molar-refractivity contribution in [3.8, 4) is 0 Å². The number of carbonyl (C=O) groups is 10. The van der Waals surface area contributed by atoms with E-state index in [4.69, 9.17) is 22.9 Å². The van der Waals surface area contributed by atoms with E-state index in [9.17, 15) is 63.3 Å². The molecule has 0 spiro atoms. The molecule has 2 aromatic rings. The number of fused-ring (bicyclic) bond motifs is 1. The standard InChI is InChI=1S/C39H56N12O13/c1-19(53)32(38(64)51-13-5-6-21(51)18-52)50-35(61)26(10-11-30(55)56)47-37(63)28(16-31(57)58)49-36(62)27(14-20-17-45-24-8-3-2-7-22(20)24)48-34(60)25(9-4-12-44-39(42)43)46-33(59)23(40)15-29(41)54/h2-3,7-8,17-19,21,23,25-28,32,45,53H,4-6,9-16,40H2,1H3,(H2,41,54)(H,46,59)(H,47,63)(H,48,60)(H,49,62)(H,50,61)(H,55,56)(H,57,58)(H4,42,43,44)/t19-,21+,23+,25+,26+,27+,28+,32+/m1/s1. The number of guanidine groups is 1. The Kier molecular flexibility index (Phi) is 19.6. The number of hydrogen-bond donors (Lipinski definition) is 13. The zero-order valence-electron chi connectivity index (χ0n) is 35.0. The van der Waals surface area contributed by atoms with E-state index < -0.39 is 127 Å². The number of carboxylic acid groups (broad SMARTS) is 2. The fourth-order valence-electron chi connectivity index (χ4n) is 6.86. The van der Waals surface area contributed by atoms with Crippen molar-refractivity contribution in [1.29, 1.82) is 0 Å². The quantitative estimate of drug-likeness (QED) is 0.0183. The Balaban J connectivity index is 1.95. The highest BCUT2D eigenvalue weighted by Gasteiger charge is 2.38. The number of aliphatic hydroxyl groups is 1. The Hall–Kier alpha value is -7.15. The number of aliphatic carboxylic acids is 2. The molecule has 25 heteroatoms. The first-order valence-corrected chi connectivity index (χ1v) is 20.3. The van der Waals surface area contributed by atoms with Gasteiger partial charge in [0.2, 0.25) is 41.4 Å². The minimum absolute atomic E-state index is 0.0150. The van der Waals surface area contributed by atoms with Gasteiger partial charge in [0.15, 0.2) is 5.96 Å². The van der Waals surface area contributed by atoms with Crippen LogP contribution in [0.5, 0.6) is 0 Å². The second kappa shape index (κ2) is 24.5. The number of aromatic nitrogens is 1. The molecular weight excluding hydrogens is 844 g/mol. The summed E-state index contributed by atoms with van der Waals surface area (Å²) < 4.78 is 0. The molecule has 7 amide bonds. The number of aromatic amines is 1. The Labute approximate surface area is 365 Å². The maximum Gasteiger partial charge on any atom is 0.305 e. The summed E-state index contributed by atoms with van der Waals surface area (Å²) in [5.74, 6) is -10.4. The van der Waals surface area contributed by atoms with Gasteiger partial charge in [-0.2, -0.15) is 0 Å². The average Bonchev–Trinajstić information content (AvgIpc) is 3.88. The van der Waals surface area contributed by atoms with Gasteiger partial charge in [-0.1, -0.05) is 18.2 Å². The van der Waals surface area contributed by atoms with Crippen LogP contribution in [0.25, 0.3) is 10.9 Å². The molecule has 0 unspecified atom stereocenters. The number of primary amides is 1. The molecule has 0 bridgehead atoms. The van der Waals surface area contributed by atoms with Crippen LogP contribution in [0, 0.1) is 0 Å². The first kappa shape index (κ1) is 51.2. The van der Waals surface area contributed by atoms with Gasteiger partial charge >= 0.3 is 11.9 Å². The van der Waals surface area contributed by atoms with Gasteiger partial charge in [-0.25, -0.2) is 0 Å². The van der Waals surface area contributed by atoms with Gasteiger partial charge < -0.3 is 79.5 Å². The number of nitrogens with zero attached hydrogens (tertiary/aromatic N) is 2. The number of rotatable bonds is 26. The summed E-state index contributed by atoms with van der Waals surface area (Å²) in [6.07, 6.45) is -1.85. The molecule has 2 heterocycles. The van der Waals surface area contributed by atoms with Crippen LogP contribution >= 0.6 is 0 Å². The van der Waals surface area contributed by atoms with Crippen molar-refractivity contribution in [3.63, 3.8) is 0 Å². The molecule has 0 aliphatic carbocycles. The Morgan fingerprint density at radius 1 is 0.828 bits per heavy atom. The van der Waals surface area contributed by atoms with Gasteiger partial charge in [0.25, 0.3) is 0 Å². The van der Waals surface area contributed by atoms with E-state index in [1.165, 1.54) is 11.8 Å². The van der Waals surface area contributed by atoms with E-state index in [0.717, 1.165) is 0 Å². The van der Waals surface area contributed by atoms with Crippen molar-refractivity contribution >= 4 is 76.4 Å². The van der Waals surface area contributed by atoms with Crippen molar-refractivity contribution in [2.75, 3.05) is 13.1 Å². The fraction of sp³-hybridized carbons (Fsp3) is 0.513. The van der Waals surface area contributed by atoms with Gasteiger partial charge in [0.05, 0.1) is 31.0 Å². The van der Waals surface area contributed by atoms with Crippen molar-refractivity contribution in [1.82, 2.24) is 36.5 Å². The molecule has 350 valence electrons. The lowest BCUT2D eigenvalue weighted by Gasteiger charge is -2.30. The summed E-state index contributed by atoms with van der Waals surface area (Å²) in [4.78, 5) is 137. The smallest absolute Gasteiger partial charge is 0.305 e. The number of nitrogens with two attached hydrogens (primary N) is 4. The minimum atomic E-state index is -1.97. The lowest BCUT2D eigenvalue weighted by atomic mass is 10.0. The Bertz CT molecular complexity index is 2070. The summed E-state index contributed by atoms with van der Waals surface area (Å²) in [6.45, 7) is 1.35. The highest BCUT2D eigenvalue weighted by Crippen LogP contribution is 2.20. The fourth-order valence-corrected chi connectivity index (χ4v) is 6.86. The minimum Gasteiger partial charge on any atom is -0.481 e. The largest absolute Gasteiger partial charge is 0.481 e. The molecule has 17 N–H and O–H groups in total. The summed E-state index contributed by atoms with van der Waals surface area (Å²) in [6, 6.07) is -3.76. The Morgan fingerprint density at radius 2 is 1.42 bits per heavy atom. The third-order valence-electron chi connectivity index (χ3n) is 10.1. The maximum atomic E-state index is 14.2. The van der Waals surface area contributed by atoms with Crippen molar-refractivity contribution in [2.45, 2.75) is 113 Å². The summed E-state index contributed by atoms with van der Waals surface area (Å²) in [5.41, 5.74) is 22.9. The van der Waals surface area contributed by atoms with Crippen molar-refractivity contribution in [3.05, 3.63) is 36.0 Å². The van der Waals surface area contributed by atoms with E-state index in [1.54, 1.807) is 30.5 Å². The summed E-state index contributed by atoms with van der Waals surface area (Å²) in [5, 5.41) is 42.1. The number of aldehydes is 1. The number of amides is 7. The van der Waals surface area contributed by atoms with E-state index in [0.29, 0.717) is 35.6 Å². The van der Waals surface area contributed by atoms with Crippen molar-refractivity contribution in [2.24, 2.45) is 27.9 Å². The number of para-hydroxylation sites is 1. The van der Waals surface area contributed by atoms with Crippen LogP contribution in [0.2, 0.25) is 0 Å². The highest BCUT2D eigenvalue weighted by atomic mass is 16.4. The number of aliphatic hydroxyl groups excluding tert-OH is 1. The summed E-state index contributed by atoms with van der Waals surface area (Å²) in [7, 11) is 0. The molecule has 64 heavy (non-hydrogen) atoms. The number of likely N-dealkylation sites (tertiary alicyclic amines) is 1. The lowest BCUT2D eigenvalue weighted by Crippen LogP contribution is -2.61. The van der Waals surface area contributed by atoms with Crippen molar-refractivity contribution < 1.29 is 63.3 Å². The van der Waals surface area contributed by atoms with E-state index >= 15 is 0 Å². The average molecular weight is 901 g/mol. The molecule has 3 rings (SSSR count). The molecular formula is C39H56N12O13. The maximum absolute atomic E-state index is 14.2. The number of H-pyrrole nitrogens is 1. The van der Waals surface area contributed by atoms with E-state index in [2.05, 4.69) is 36.6 Å². The Morgan fingerprint density at radius 3 is 2.05 bits per heavy atom. The topological polar surface area (TPSA) is 427 Å². The third-order valence-corrected chi connectivity index (χ3v) is 10.1. The van der Waals surface area contributed by atoms with Crippen LogP contribution in [0.3, 0.4) is 0 Å². The third kappa shape index (κ3) is 15.6. The lowest BCUT2D eigenvalue weighted by molar-refractivity contribution is -0.143. The second-order valence-electron chi connectivity index (χ2n) is 15.2. The van der Waals surface area contributed by atoms with Crippen LogP contribution < -0.4 is 49.5 Å². The molecule has 8 atom stereocenters. The predicted octanol–water partition coefficient (Wildman–Crippen LogP) is -4.70. The van der Waals surface area contributed by atoms with Crippen LogP contribution in [-0.4, -0.2) is 152 Å². The number of nitrogens with one attached hydrogen (secondary N) is 6. The number of carbonyl (C=O) groups excluding carboxylic acids is 8. The van der Waals surface area contributed by atoms with Crippen LogP contribution in [0.15, 0.2) is 35.5 Å². The SMILES string of the molecule is C[C@@H](O)[C@H](NC(=O)[C@H](CCC(=O)O)NC(=O)[C@H](CC(=O)O)NC(=O)[C@H](Cc1c[nH]c2ccccc12)NC(=O)[C@H](CCCN=C(N)N)NC(=O)[C@@H](N)CC(N)=O)C(=O)N1CCC[C@H]1C=O. The van der Waals surface area contributed by atoms with E-state index in [1.807, 2.05) is 0 Å². The monoisotopic (exact) mass is 900 g/mol. The van der Waals surface area contributed by atoms with Crippen LogP contribution in [-0.2, 0) is 54.4 Å². The summed E-state index contributed by atoms with van der Waals surface area (Å²) >= 11 is 0. The zero-order chi connectivity index (χ0) is 47.7. The van der Waals surface area contributed by atoms with E-state index in [-0.39, 0.29) is 38.3 Å². The molecule has 1 aliphatic rings. The molecule has 1 fully saturated rings. The first-order valence-electron chi connectivity index (χ1n) is 20.3. The number of hydrogen-bond acceptors (Lipinski definition) is 13. The van der Waals surface area contributed by atoms with Gasteiger partial charge in [-0.3, -0.25) is 48.1 Å². The number of benzene rings is 1. The normalized spacial score (nSPS) is 16.7. The van der Waals surface area contributed by atoms with Gasteiger partial charge in [-0.15, -0.1) is 0 Å². The number of carboxylic acids is 2. The van der Waals surface area contributed by atoms with Gasteiger partial charge in [0.1, 0.15) is 36.5 Å². The van der Waals surface area contributed by atoms with Crippen LogP contribution in [0.4, 0.5) is 0 Å². The predicted molar refractivity (Wildman–Crippen MR) is 225 cm³/mol. The molecule has 1 aliphatic heterocycles. The molecule has 1 saturated heterocycles. The number of aliphatic imine (C=N–C) groups is 1. The molecule has 0 saturated carbocycles. The highest BCUT2D eigenvalue weighted by molar-refractivity contribution is 5.99. The first-order chi connectivity index (χ1) is 30.2. The second-order valence-corrected chi connectivity index (χ2v) is 15.2. The van der Waals surface area contributed by atoms with Gasteiger partial charge in [0, 0.05) is 43.0 Å². The van der Waals surface area contributed by atoms with Gasteiger partial charge in [-0.05, 0) is 50.7 Å². The molecule has 1 aromatic heterocycles. The molecule has 0 radical (unpaired) electrons. The zero-order valence-corrected chi connectivity index (χ0v) is 35.0. The molecule has 1 aromatic carbocycles. The van der Waals surface area contributed by atoms with Crippen LogP contribution in [0.1, 0.15) is 63.9 Å². The molecule has 25 nitrogen and oxygen atoms in total.